The van der Waals surface area contributed by atoms with E-state index in [2.05, 4.69) is 10.4 Å². The Morgan fingerprint density at radius 1 is 1.03 bits per heavy atom. The number of sulfone groups is 1. The number of carbonyl (C=O) groups is 1. The average molecular weight is 496 g/mol. The molecule has 0 aliphatic heterocycles. The zero-order valence-corrected chi connectivity index (χ0v) is 20.3. The average Bonchev–Trinajstić information content (AvgIpc) is 3.25. The van der Waals surface area contributed by atoms with Crippen LogP contribution in [0.3, 0.4) is 0 Å². The third-order valence-electron chi connectivity index (χ3n) is 5.26. The van der Waals surface area contributed by atoms with E-state index in [-0.39, 0.29) is 4.90 Å². The quantitative estimate of drug-likeness (QED) is 0.403. The van der Waals surface area contributed by atoms with Crippen molar-refractivity contribution >= 4 is 33.0 Å². The van der Waals surface area contributed by atoms with Gasteiger partial charge in [0.05, 0.1) is 22.7 Å². The first kappa shape index (κ1) is 23.5. The number of benzene rings is 3. The first-order valence-corrected chi connectivity index (χ1v) is 12.5. The van der Waals surface area contributed by atoms with Gasteiger partial charge in [-0.15, -0.1) is 0 Å². The Hall–Kier alpha value is -3.62. The molecule has 34 heavy (non-hydrogen) atoms. The summed E-state index contributed by atoms with van der Waals surface area (Å²) in [6.07, 6.45) is 2.94. The van der Waals surface area contributed by atoms with Crippen LogP contribution in [0.4, 0.5) is 5.69 Å². The lowest BCUT2D eigenvalue weighted by molar-refractivity contribution is 0.102. The molecule has 1 aromatic heterocycles. The molecule has 0 radical (unpaired) electrons. The zero-order chi connectivity index (χ0) is 24.5. The summed E-state index contributed by atoms with van der Waals surface area (Å²) < 4.78 is 31.3. The Morgan fingerprint density at radius 2 is 1.82 bits per heavy atom. The summed E-state index contributed by atoms with van der Waals surface area (Å²) in [6, 6.07) is 18.5. The standard InChI is InChI=1S/C25H22ClN3O4S/c1-29-12-11-24(28-29)22-14-17(7-10-23(22)26)27-25(30)20-9-8-19(34(3,31)32)15-21(20)16-5-4-6-18(13-16)33-2/h4-15H,1-3H3,(H,27,30). The van der Waals surface area contributed by atoms with Crippen LogP contribution in [0.25, 0.3) is 22.4 Å². The minimum Gasteiger partial charge on any atom is -0.497 e. The van der Waals surface area contributed by atoms with Crippen molar-refractivity contribution in [3.63, 3.8) is 0 Å². The first-order valence-electron chi connectivity index (χ1n) is 10.2. The fourth-order valence-electron chi connectivity index (χ4n) is 3.54. The molecular weight excluding hydrogens is 474 g/mol. The summed E-state index contributed by atoms with van der Waals surface area (Å²) in [5, 5.41) is 7.77. The van der Waals surface area contributed by atoms with E-state index in [1.807, 2.05) is 13.1 Å². The van der Waals surface area contributed by atoms with Crippen molar-refractivity contribution in [3.05, 3.63) is 83.5 Å². The van der Waals surface area contributed by atoms with Gasteiger partial charge in [-0.2, -0.15) is 5.10 Å². The molecule has 174 valence electrons. The summed E-state index contributed by atoms with van der Waals surface area (Å²) in [5.74, 6) is 0.193. The van der Waals surface area contributed by atoms with E-state index in [0.29, 0.717) is 44.4 Å². The van der Waals surface area contributed by atoms with Crippen LogP contribution in [0.2, 0.25) is 5.02 Å². The van der Waals surface area contributed by atoms with Gasteiger partial charge in [0.2, 0.25) is 0 Å². The van der Waals surface area contributed by atoms with Crippen LogP contribution >= 0.6 is 11.6 Å². The zero-order valence-electron chi connectivity index (χ0n) is 18.7. The summed E-state index contributed by atoms with van der Waals surface area (Å²) in [7, 11) is -0.126. The molecule has 0 unspecified atom stereocenters. The number of halogens is 1. The normalized spacial score (nSPS) is 11.3. The number of methoxy groups -OCH3 is 1. The lowest BCUT2D eigenvalue weighted by Crippen LogP contribution is -2.14. The molecule has 9 heteroatoms. The van der Waals surface area contributed by atoms with Crippen molar-refractivity contribution in [2.75, 3.05) is 18.7 Å². The van der Waals surface area contributed by atoms with Gasteiger partial charge in [-0.1, -0.05) is 23.7 Å². The van der Waals surface area contributed by atoms with Gasteiger partial charge < -0.3 is 10.1 Å². The highest BCUT2D eigenvalue weighted by molar-refractivity contribution is 7.90. The van der Waals surface area contributed by atoms with Crippen molar-refractivity contribution in [3.8, 4) is 28.1 Å². The monoisotopic (exact) mass is 495 g/mol. The van der Waals surface area contributed by atoms with Gasteiger partial charge in [0.15, 0.2) is 9.84 Å². The molecule has 0 saturated carbocycles. The Balaban J connectivity index is 1.75. The van der Waals surface area contributed by atoms with Crippen molar-refractivity contribution in [2.24, 2.45) is 7.05 Å². The molecule has 0 aliphatic carbocycles. The summed E-state index contributed by atoms with van der Waals surface area (Å²) in [4.78, 5) is 13.4. The number of amides is 1. The number of hydrogen-bond donors (Lipinski definition) is 1. The lowest BCUT2D eigenvalue weighted by Gasteiger charge is -2.14. The third kappa shape index (κ3) is 4.98. The SMILES string of the molecule is COc1cccc(-c2cc(S(C)(=O)=O)ccc2C(=O)Nc2ccc(Cl)c(-c3ccn(C)n3)c2)c1. The van der Waals surface area contributed by atoms with Crippen LogP contribution < -0.4 is 10.1 Å². The van der Waals surface area contributed by atoms with Crippen molar-refractivity contribution in [1.29, 1.82) is 0 Å². The van der Waals surface area contributed by atoms with E-state index in [4.69, 9.17) is 16.3 Å². The molecule has 3 aromatic carbocycles. The number of carbonyl (C=O) groups excluding carboxylic acids is 1. The summed E-state index contributed by atoms with van der Waals surface area (Å²) in [5.41, 5.74) is 3.33. The van der Waals surface area contributed by atoms with E-state index in [1.54, 1.807) is 60.5 Å². The number of aromatic nitrogens is 2. The number of aryl methyl sites for hydroxylation is 1. The fourth-order valence-corrected chi connectivity index (χ4v) is 4.40. The van der Waals surface area contributed by atoms with E-state index < -0.39 is 15.7 Å². The van der Waals surface area contributed by atoms with E-state index in [9.17, 15) is 13.2 Å². The summed E-state index contributed by atoms with van der Waals surface area (Å²) in [6.45, 7) is 0. The second-order valence-corrected chi connectivity index (χ2v) is 10.2. The molecule has 4 aromatic rings. The van der Waals surface area contributed by atoms with Crippen molar-refractivity contribution < 1.29 is 17.9 Å². The van der Waals surface area contributed by atoms with Gasteiger partial charge in [-0.3, -0.25) is 9.48 Å². The van der Waals surface area contributed by atoms with Gasteiger partial charge in [0, 0.05) is 36.3 Å². The number of hydrogen-bond acceptors (Lipinski definition) is 5. The molecule has 0 saturated heterocycles. The van der Waals surface area contributed by atoms with E-state index >= 15 is 0 Å². The Kier molecular flexibility index (Phi) is 6.45. The second kappa shape index (κ2) is 9.32. The number of anilines is 1. The molecule has 0 spiro atoms. The molecule has 7 nitrogen and oxygen atoms in total. The van der Waals surface area contributed by atoms with Crippen LogP contribution in [0, 0.1) is 0 Å². The van der Waals surface area contributed by atoms with Gasteiger partial charge >= 0.3 is 0 Å². The highest BCUT2D eigenvalue weighted by Gasteiger charge is 2.18. The number of ether oxygens (including phenoxy) is 1. The maximum absolute atomic E-state index is 13.3. The van der Waals surface area contributed by atoms with Crippen molar-refractivity contribution in [2.45, 2.75) is 4.90 Å². The summed E-state index contributed by atoms with van der Waals surface area (Å²) >= 11 is 6.36. The maximum Gasteiger partial charge on any atom is 0.256 e. The maximum atomic E-state index is 13.3. The van der Waals surface area contributed by atoms with Crippen LogP contribution in [0.15, 0.2) is 77.8 Å². The predicted molar refractivity (Wildman–Crippen MR) is 133 cm³/mol. The topological polar surface area (TPSA) is 90.3 Å². The number of nitrogens with one attached hydrogen (secondary N) is 1. The highest BCUT2D eigenvalue weighted by atomic mass is 35.5. The predicted octanol–water partition coefficient (Wildman–Crippen LogP) is 5.07. The first-order chi connectivity index (χ1) is 16.2. The fraction of sp³-hybridized carbons (Fsp3) is 0.120. The Morgan fingerprint density at radius 3 is 2.50 bits per heavy atom. The largest absolute Gasteiger partial charge is 0.497 e. The Bertz CT molecular complexity index is 1500. The molecule has 1 amide bonds. The molecular formula is C25H22ClN3O4S. The van der Waals surface area contributed by atoms with E-state index in [0.717, 1.165) is 6.26 Å². The third-order valence-corrected chi connectivity index (χ3v) is 6.70. The molecule has 0 aliphatic rings. The molecule has 1 heterocycles. The van der Waals surface area contributed by atoms with Crippen LogP contribution in [0.1, 0.15) is 10.4 Å². The van der Waals surface area contributed by atoms with E-state index in [1.165, 1.54) is 18.2 Å². The smallest absolute Gasteiger partial charge is 0.256 e. The van der Waals surface area contributed by atoms with Gasteiger partial charge in [-0.25, -0.2) is 8.42 Å². The van der Waals surface area contributed by atoms with Gasteiger partial charge in [-0.05, 0) is 65.7 Å². The minimum atomic E-state index is -3.48. The number of nitrogens with zero attached hydrogens (tertiary/aromatic N) is 2. The van der Waals surface area contributed by atoms with Gasteiger partial charge in [0.1, 0.15) is 5.75 Å². The number of rotatable bonds is 6. The molecule has 4 rings (SSSR count). The van der Waals surface area contributed by atoms with Crippen LogP contribution in [0.5, 0.6) is 5.75 Å². The highest BCUT2D eigenvalue weighted by Crippen LogP contribution is 2.32. The van der Waals surface area contributed by atoms with Gasteiger partial charge in [0.25, 0.3) is 5.91 Å². The molecule has 0 atom stereocenters. The molecule has 1 N–H and O–H groups in total. The minimum absolute atomic E-state index is 0.116. The second-order valence-electron chi connectivity index (χ2n) is 7.73. The van der Waals surface area contributed by atoms with Crippen molar-refractivity contribution in [1.82, 2.24) is 9.78 Å². The lowest BCUT2D eigenvalue weighted by atomic mass is 9.98. The molecule has 0 fully saturated rings. The van der Waals surface area contributed by atoms with Crippen LogP contribution in [-0.2, 0) is 16.9 Å². The molecule has 0 bridgehead atoms. The Labute approximate surface area is 202 Å². The van der Waals surface area contributed by atoms with Crippen LogP contribution in [-0.4, -0.2) is 37.5 Å².